The number of ether oxygens (including phenoxy) is 2. The van der Waals surface area contributed by atoms with Crippen LogP contribution in [-0.4, -0.2) is 27.8 Å². The number of fused-ring (bicyclic) bond motifs is 1. The molecule has 0 aliphatic carbocycles. The van der Waals surface area contributed by atoms with Crippen molar-refractivity contribution in [1.29, 1.82) is 0 Å². The van der Waals surface area contributed by atoms with E-state index in [-0.39, 0.29) is 5.56 Å². The zero-order valence-electron chi connectivity index (χ0n) is 17.2. The van der Waals surface area contributed by atoms with Crippen LogP contribution in [0, 0.1) is 6.92 Å². The van der Waals surface area contributed by atoms with Crippen LogP contribution in [0.25, 0.3) is 22.4 Å². The Labute approximate surface area is 178 Å². The maximum atomic E-state index is 12.8. The first-order valence-electron chi connectivity index (χ1n) is 9.97. The Morgan fingerprint density at radius 3 is 2.57 bits per heavy atom. The lowest BCUT2D eigenvalue weighted by molar-refractivity contribution is 0.277. The lowest BCUT2D eigenvalue weighted by atomic mass is 10.1. The van der Waals surface area contributed by atoms with Crippen LogP contribution in [0.2, 0.25) is 0 Å². The summed E-state index contributed by atoms with van der Waals surface area (Å²) in [5.74, 6) is 1.94. The first-order chi connectivity index (χ1) is 14.6. The summed E-state index contributed by atoms with van der Waals surface area (Å²) in [6, 6.07) is 13.6. The lowest BCUT2D eigenvalue weighted by Crippen LogP contribution is -2.23. The minimum atomic E-state index is -0.176. The summed E-state index contributed by atoms with van der Waals surface area (Å²) in [5.41, 5.74) is 2.75. The van der Waals surface area contributed by atoms with Crippen molar-refractivity contribution in [3.63, 3.8) is 0 Å². The molecule has 4 rings (SSSR count). The van der Waals surface area contributed by atoms with Crippen LogP contribution in [0.4, 0.5) is 0 Å². The van der Waals surface area contributed by atoms with Crippen molar-refractivity contribution in [2.75, 3.05) is 13.2 Å². The van der Waals surface area contributed by atoms with E-state index in [1.54, 1.807) is 0 Å². The van der Waals surface area contributed by atoms with Gasteiger partial charge in [-0.15, -0.1) is 5.10 Å². The number of hydrogen-bond acceptors (Lipinski definition) is 6. The topological polar surface area (TPSA) is 65.7 Å². The Kier molecular flexibility index (Phi) is 5.81. The highest BCUT2D eigenvalue weighted by Gasteiger charge is 2.12. The van der Waals surface area contributed by atoms with Crippen molar-refractivity contribution >= 4 is 22.4 Å². The van der Waals surface area contributed by atoms with Gasteiger partial charge >= 0.3 is 0 Å². The van der Waals surface area contributed by atoms with E-state index in [4.69, 9.17) is 9.47 Å². The van der Waals surface area contributed by atoms with E-state index < -0.39 is 0 Å². The molecule has 2 heterocycles. The fourth-order valence-electron chi connectivity index (χ4n) is 3.02. The van der Waals surface area contributed by atoms with E-state index in [1.807, 2.05) is 62.4 Å². The van der Waals surface area contributed by atoms with Gasteiger partial charge in [-0.1, -0.05) is 54.2 Å². The van der Waals surface area contributed by atoms with E-state index >= 15 is 0 Å². The van der Waals surface area contributed by atoms with E-state index in [1.165, 1.54) is 21.4 Å². The highest BCUT2D eigenvalue weighted by Crippen LogP contribution is 2.29. The Morgan fingerprint density at radius 1 is 1.07 bits per heavy atom. The summed E-state index contributed by atoms with van der Waals surface area (Å²) in [4.78, 5) is 17.9. The minimum Gasteiger partial charge on any atom is -0.490 e. The zero-order chi connectivity index (χ0) is 21.1. The van der Waals surface area contributed by atoms with Crippen LogP contribution in [-0.2, 0) is 0 Å². The van der Waals surface area contributed by atoms with E-state index in [0.717, 1.165) is 17.5 Å². The number of aromatic nitrogens is 3. The maximum absolute atomic E-state index is 12.8. The molecular weight excluding hydrogens is 398 g/mol. The van der Waals surface area contributed by atoms with Crippen molar-refractivity contribution in [2.45, 2.75) is 27.2 Å². The molecule has 0 fully saturated rings. The van der Waals surface area contributed by atoms with Crippen LogP contribution in [0.15, 0.2) is 47.3 Å². The van der Waals surface area contributed by atoms with Crippen molar-refractivity contribution in [3.05, 3.63) is 68.5 Å². The second-order valence-electron chi connectivity index (χ2n) is 6.90. The molecule has 6 nitrogen and oxygen atoms in total. The van der Waals surface area contributed by atoms with Crippen LogP contribution < -0.4 is 19.6 Å². The molecule has 0 radical (unpaired) electrons. The van der Waals surface area contributed by atoms with Gasteiger partial charge in [0.25, 0.3) is 5.56 Å². The monoisotopic (exact) mass is 421 g/mol. The van der Waals surface area contributed by atoms with Gasteiger partial charge in [0, 0.05) is 5.56 Å². The molecule has 0 bridgehead atoms. The van der Waals surface area contributed by atoms with Crippen molar-refractivity contribution < 1.29 is 9.47 Å². The average molecular weight is 422 g/mol. The SMILES string of the molecule is CCCOc1ccc(/C=c2\sc3nc(-c4ccc(C)cc4)nn3c2=O)cc1OCC. The third-order valence-corrected chi connectivity index (χ3v) is 5.48. The number of nitrogens with zero attached hydrogens (tertiary/aromatic N) is 3. The highest BCUT2D eigenvalue weighted by atomic mass is 32.1. The van der Waals surface area contributed by atoms with Crippen LogP contribution in [0.5, 0.6) is 11.5 Å². The van der Waals surface area contributed by atoms with Crippen molar-refractivity contribution in [2.24, 2.45) is 0 Å². The molecule has 7 heteroatoms. The Bertz CT molecular complexity index is 1280. The van der Waals surface area contributed by atoms with Gasteiger partial charge in [-0.05, 0) is 44.0 Å². The normalized spacial score (nSPS) is 11.9. The molecule has 0 aliphatic heterocycles. The first kappa shape index (κ1) is 20.1. The van der Waals surface area contributed by atoms with Crippen LogP contribution in [0.3, 0.4) is 0 Å². The molecule has 2 aromatic heterocycles. The first-order valence-corrected chi connectivity index (χ1v) is 10.8. The largest absolute Gasteiger partial charge is 0.490 e. The average Bonchev–Trinajstić information content (AvgIpc) is 3.28. The van der Waals surface area contributed by atoms with Gasteiger partial charge in [-0.2, -0.15) is 9.50 Å². The molecular formula is C23H23N3O3S. The molecule has 4 aromatic rings. The quantitative estimate of drug-likeness (QED) is 0.453. The number of hydrogen-bond donors (Lipinski definition) is 0. The fourth-order valence-corrected chi connectivity index (χ4v) is 3.93. The molecule has 0 N–H and O–H groups in total. The Hall–Kier alpha value is -3.19. The molecule has 154 valence electrons. The molecule has 0 amide bonds. The summed E-state index contributed by atoms with van der Waals surface area (Å²) < 4.78 is 13.4. The summed E-state index contributed by atoms with van der Waals surface area (Å²) >= 11 is 1.32. The van der Waals surface area contributed by atoms with Gasteiger partial charge in [0.2, 0.25) is 4.96 Å². The second kappa shape index (κ2) is 8.67. The molecule has 0 aliphatic rings. The van der Waals surface area contributed by atoms with Crippen molar-refractivity contribution in [1.82, 2.24) is 14.6 Å². The molecule has 0 saturated heterocycles. The van der Waals surface area contributed by atoms with Crippen LogP contribution in [0.1, 0.15) is 31.4 Å². The molecule has 0 spiro atoms. The van der Waals surface area contributed by atoms with E-state index in [9.17, 15) is 4.79 Å². The Balaban J connectivity index is 1.70. The highest BCUT2D eigenvalue weighted by molar-refractivity contribution is 7.15. The predicted molar refractivity (Wildman–Crippen MR) is 119 cm³/mol. The molecule has 2 aromatic carbocycles. The molecule has 0 atom stereocenters. The van der Waals surface area contributed by atoms with Gasteiger partial charge in [0.15, 0.2) is 17.3 Å². The van der Waals surface area contributed by atoms with Crippen LogP contribution >= 0.6 is 11.3 Å². The third-order valence-electron chi connectivity index (χ3n) is 4.52. The second-order valence-corrected chi connectivity index (χ2v) is 7.91. The van der Waals surface area contributed by atoms with Gasteiger partial charge in [-0.25, -0.2) is 0 Å². The summed E-state index contributed by atoms with van der Waals surface area (Å²) in [7, 11) is 0. The third kappa shape index (κ3) is 4.07. The minimum absolute atomic E-state index is 0.176. The maximum Gasteiger partial charge on any atom is 0.291 e. The molecule has 30 heavy (non-hydrogen) atoms. The summed E-state index contributed by atoms with van der Waals surface area (Å²) in [6.07, 6.45) is 2.76. The lowest BCUT2D eigenvalue weighted by Gasteiger charge is -2.11. The van der Waals surface area contributed by atoms with Gasteiger partial charge in [0.05, 0.1) is 17.7 Å². The van der Waals surface area contributed by atoms with Crippen molar-refractivity contribution in [3.8, 4) is 22.9 Å². The molecule has 0 saturated carbocycles. The van der Waals surface area contributed by atoms with Gasteiger partial charge < -0.3 is 9.47 Å². The summed E-state index contributed by atoms with van der Waals surface area (Å²) in [5, 5.41) is 4.41. The fraction of sp³-hybridized carbons (Fsp3) is 0.261. The number of thiazole rings is 1. The molecule has 0 unspecified atom stereocenters. The number of benzene rings is 2. The van der Waals surface area contributed by atoms with Gasteiger partial charge in [0.1, 0.15) is 0 Å². The van der Waals surface area contributed by atoms with E-state index in [2.05, 4.69) is 17.0 Å². The number of aryl methyl sites for hydroxylation is 1. The predicted octanol–water partition coefficient (Wildman–Crippen LogP) is 3.86. The standard InChI is InChI=1S/C23H23N3O3S/c1-4-12-29-18-11-8-16(13-19(18)28-5-2)14-20-22(27)26-23(30-20)24-21(25-26)17-9-6-15(3)7-10-17/h6-11,13-14H,4-5,12H2,1-3H3/b20-14-. The number of rotatable bonds is 7. The Morgan fingerprint density at radius 2 is 1.87 bits per heavy atom. The zero-order valence-corrected chi connectivity index (χ0v) is 18.0. The summed E-state index contributed by atoms with van der Waals surface area (Å²) in [6.45, 7) is 7.19. The van der Waals surface area contributed by atoms with E-state index in [0.29, 0.717) is 40.0 Å². The van der Waals surface area contributed by atoms with Gasteiger partial charge in [-0.3, -0.25) is 4.79 Å². The smallest absolute Gasteiger partial charge is 0.291 e.